The largest absolute Gasteiger partial charge is 0.391 e. The minimum atomic E-state index is -3.31. The zero-order valence-corrected chi connectivity index (χ0v) is 14.9. The second kappa shape index (κ2) is 7.08. The van der Waals surface area contributed by atoms with Crippen LogP contribution in [0.1, 0.15) is 5.56 Å². The second-order valence-electron chi connectivity index (χ2n) is 6.37. The van der Waals surface area contributed by atoms with Gasteiger partial charge in [0.25, 0.3) is 0 Å². The van der Waals surface area contributed by atoms with Gasteiger partial charge in [0.1, 0.15) is 0 Å². The lowest BCUT2D eigenvalue weighted by atomic mass is 10.1. The molecule has 1 aromatic rings. The zero-order chi connectivity index (χ0) is 17.2. The number of rotatable bonds is 6. The van der Waals surface area contributed by atoms with Crippen LogP contribution in [0.3, 0.4) is 0 Å². The van der Waals surface area contributed by atoms with Gasteiger partial charge in [-0.3, -0.25) is 4.90 Å². The smallest absolute Gasteiger partial charge is 0.224 e. The Labute approximate surface area is 137 Å². The van der Waals surface area contributed by atoms with Crippen LogP contribution in [0.5, 0.6) is 0 Å². The van der Waals surface area contributed by atoms with Crippen molar-refractivity contribution in [3.8, 4) is 0 Å². The highest BCUT2D eigenvalue weighted by Crippen LogP contribution is 2.21. The van der Waals surface area contributed by atoms with E-state index in [1.165, 1.54) is 18.4 Å². The lowest BCUT2D eigenvalue weighted by molar-refractivity contribution is 0.148. The van der Waals surface area contributed by atoms with Gasteiger partial charge in [-0.05, 0) is 0 Å². The van der Waals surface area contributed by atoms with Gasteiger partial charge < -0.3 is 10.0 Å². The molecule has 0 amide bonds. The Hall–Kier alpha value is -1.29. The quantitative estimate of drug-likeness (QED) is 0.725. The number of aliphatic hydroxyl groups is 1. The molecule has 8 nitrogen and oxygen atoms in total. The van der Waals surface area contributed by atoms with Gasteiger partial charge in [-0.15, -0.1) is 0 Å². The average Bonchev–Trinajstić information content (AvgIpc) is 2.78. The molecule has 1 saturated heterocycles. The van der Waals surface area contributed by atoms with Gasteiger partial charge in [0, 0.05) is 71.7 Å². The first-order valence-corrected chi connectivity index (χ1v) is 9.09. The van der Waals surface area contributed by atoms with Crippen molar-refractivity contribution in [3.63, 3.8) is 0 Å². The summed E-state index contributed by atoms with van der Waals surface area (Å²) in [4.78, 5) is 12.4. The van der Waals surface area contributed by atoms with E-state index in [2.05, 4.69) is 9.97 Å². The van der Waals surface area contributed by atoms with Crippen molar-refractivity contribution in [1.82, 2.24) is 19.2 Å². The van der Waals surface area contributed by atoms with E-state index in [9.17, 15) is 13.5 Å². The first kappa shape index (κ1) is 18.1. The van der Waals surface area contributed by atoms with E-state index in [1.807, 2.05) is 23.9 Å². The molecule has 1 N–H and O–H groups in total. The molecule has 1 aromatic heterocycles. The molecule has 2 rings (SSSR count). The topological polar surface area (TPSA) is 89.9 Å². The standard InChI is InChI=1S/C14H25N5O3S/c1-17(2)14-15-5-11(6-16-14)7-19-8-12(13(20)9-19)10-23(21,22)18(3)4/h5-6,12-13,20H,7-10H2,1-4H3/t12-,13+/m0/s1. The normalized spacial score (nSPS) is 22.7. The van der Waals surface area contributed by atoms with E-state index in [0.29, 0.717) is 25.6 Å². The summed E-state index contributed by atoms with van der Waals surface area (Å²) in [5, 5.41) is 10.1. The zero-order valence-electron chi connectivity index (χ0n) is 14.0. The van der Waals surface area contributed by atoms with Crippen molar-refractivity contribution >= 4 is 16.0 Å². The SMILES string of the molecule is CN(C)c1ncc(CN2C[C@@H](CS(=O)(=O)N(C)C)[C@H](O)C2)cn1. The van der Waals surface area contributed by atoms with Crippen LogP contribution in [-0.4, -0.2) is 85.8 Å². The number of nitrogens with zero attached hydrogens (tertiary/aromatic N) is 5. The van der Waals surface area contributed by atoms with E-state index in [4.69, 9.17) is 0 Å². The number of β-amino-alcohol motifs (C(OH)–C–C–N with tert-alkyl or cyclic N) is 1. The summed E-state index contributed by atoms with van der Waals surface area (Å²) >= 11 is 0. The molecule has 0 radical (unpaired) electrons. The summed E-state index contributed by atoms with van der Waals surface area (Å²) in [5.41, 5.74) is 0.943. The maximum Gasteiger partial charge on any atom is 0.224 e. The van der Waals surface area contributed by atoms with E-state index in [0.717, 1.165) is 5.56 Å². The van der Waals surface area contributed by atoms with Crippen LogP contribution in [0.25, 0.3) is 0 Å². The molecule has 1 aliphatic rings. The van der Waals surface area contributed by atoms with Gasteiger partial charge in [0.05, 0.1) is 11.9 Å². The van der Waals surface area contributed by atoms with Crippen molar-refractivity contribution in [3.05, 3.63) is 18.0 Å². The van der Waals surface area contributed by atoms with Crippen molar-refractivity contribution < 1.29 is 13.5 Å². The molecule has 130 valence electrons. The molecule has 1 aliphatic heterocycles. The lowest BCUT2D eigenvalue weighted by Gasteiger charge is -2.18. The Morgan fingerprint density at radius 2 is 1.83 bits per heavy atom. The summed E-state index contributed by atoms with van der Waals surface area (Å²) in [6, 6.07) is 0. The van der Waals surface area contributed by atoms with Crippen molar-refractivity contribution in [1.29, 1.82) is 0 Å². The average molecular weight is 343 g/mol. The Morgan fingerprint density at radius 3 is 2.35 bits per heavy atom. The Kier molecular flexibility index (Phi) is 5.56. The molecule has 0 aliphatic carbocycles. The maximum atomic E-state index is 12.0. The van der Waals surface area contributed by atoms with Crippen LogP contribution in [-0.2, 0) is 16.6 Å². The molecule has 2 heterocycles. The van der Waals surface area contributed by atoms with Gasteiger partial charge in [-0.2, -0.15) is 0 Å². The molecular formula is C14H25N5O3S. The summed E-state index contributed by atoms with van der Waals surface area (Å²) in [5.74, 6) is 0.336. The summed E-state index contributed by atoms with van der Waals surface area (Å²) in [6.45, 7) is 1.61. The van der Waals surface area contributed by atoms with Crippen molar-refractivity contribution in [2.24, 2.45) is 5.92 Å². The molecule has 0 bridgehead atoms. The molecule has 1 fully saturated rings. The molecule has 9 heteroatoms. The molecule has 2 atom stereocenters. The Morgan fingerprint density at radius 1 is 1.22 bits per heavy atom. The van der Waals surface area contributed by atoms with Crippen LogP contribution in [0.15, 0.2) is 12.4 Å². The van der Waals surface area contributed by atoms with E-state index in [1.54, 1.807) is 12.4 Å². The maximum absolute atomic E-state index is 12.0. The number of hydrogen-bond acceptors (Lipinski definition) is 7. The first-order valence-electron chi connectivity index (χ1n) is 7.48. The third kappa shape index (κ3) is 4.60. The highest BCUT2D eigenvalue weighted by molar-refractivity contribution is 7.89. The number of aromatic nitrogens is 2. The summed E-state index contributed by atoms with van der Waals surface area (Å²) < 4.78 is 25.1. The highest BCUT2D eigenvalue weighted by atomic mass is 32.2. The first-order chi connectivity index (χ1) is 10.7. The number of sulfonamides is 1. The molecule has 0 saturated carbocycles. The number of aliphatic hydroxyl groups excluding tert-OH is 1. The number of anilines is 1. The second-order valence-corrected chi connectivity index (χ2v) is 8.60. The van der Waals surface area contributed by atoms with Gasteiger partial charge >= 0.3 is 0 Å². The van der Waals surface area contributed by atoms with Crippen LogP contribution in [0.2, 0.25) is 0 Å². The van der Waals surface area contributed by atoms with Crippen LogP contribution < -0.4 is 4.90 Å². The van der Waals surface area contributed by atoms with Gasteiger partial charge in [-0.25, -0.2) is 22.7 Å². The molecule has 0 unspecified atom stereocenters. The Bertz CT molecular complexity index is 618. The van der Waals surface area contributed by atoms with E-state index < -0.39 is 16.1 Å². The van der Waals surface area contributed by atoms with Crippen molar-refractivity contribution in [2.45, 2.75) is 12.6 Å². The fourth-order valence-corrected chi connectivity index (χ4v) is 3.74. The van der Waals surface area contributed by atoms with Crippen LogP contribution in [0.4, 0.5) is 5.95 Å². The monoisotopic (exact) mass is 343 g/mol. The van der Waals surface area contributed by atoms with E-state index in [-0.39, 0.29) is 11.7 Å². The van der Waals surface area contributed by atoms with Gasteiger partial charge in [0.15, 0.2) is 0 Å². The van der Waals surface area contributed by atoms with Gasteiger partial charge in [0.2, 0.25) is 16.0 Å². The fraction of sp³-hybridized carbons (Fsp3) is 0.714. The molecule has 0 aromatic carbocycles. The molecule has 0 spiro atoms. The lowest BCUT2D eigenvalue weighted by Crippen LogP contribution is -2.33. The molecular weight excluding hydrogens is 318 g/mol. The highest BCUT2D eigenvalue weighted by Gasteiger charge is 2.35. The predicted octanol–water partition coefficient (Wildman–Crippen LogP) is -0.773. The minimum absolute atomic E-state index is 0.0340. The summed E-state index contributed by atoms with van der Waals surface area (Å²) in [7, 11) is 3.47. The predicted molar refractivity (Wildman–Crippen MR) is 88.6 cm³/mol. The summed E-state index contributed by atoms with van der Waals surface area (Å²) in [6.07, 6.45) is 2.89. The third-order valence-electron chi connectivity index (χ3n) is 3.96. The number of hydrogen-bond donors (Lipinski definition) is 1. The van der Waals surface area contributed by atoms with Gasteiger partial charge in [-0.1, -0.05) is 0 Å². The van der Waals surface area contributed by atoms with Crippen molar-refractivity contribution in [2.75, 3.05) is 51.9 Å². The van der Waals surface area contributed by atoms with Crippen LogP contribution in [0, 0.1) is 5.92 Å². The van der Waals surface area contributed by atoms with E-state index >= 15 is 0 Å². The minimum Gasteiger partial charge on any atom is -0.391 e. The fourth-order valence-electron chi connectivity index (χ4n) is 2.57. The Balaban J connectivity index is 1.96. The number of likely N-dealkylation sites (tertiary alicyclic amines) is 1. The molecule has 23 heavy (non-hydrogen) atoms. The van der Waals surface area contributed by atoms with Crippen LogP contribution >= 0.6 is 0 Å². The third-order valence-corrected chi connectivity index (χ3v) is 5.92.